The number of piperidine rings is 1. The SMILES string of the molecule is O=C(c1ccccc1I)N1CCCCC1CO. The van der Waals surface area contributed by atoms with Gasteiger partial charge < -0.3 is 10.0 Å². The van der Waals surface area contributed by atoms with Crippen LogP contribution in [0.25, 0.3) is 0 Å². The molecule has 17 heavy (non-hydrogen) atoms. The monoisotopic (exact) mass is 345 g/mol. The molecular formula is C13H16INO2. The van der Waals surface area contributed by atoms with Crippen molar-refractivity contribution in [3.63, 3.8) is 0 Å². The molecule has 0 spiro atoms. The van der Waals surface area contributed by atoms with Crippen LogP contribution in [0, 0.1) is 3.57 Å². The maximum atomic E-state index is 12.4. The summed E-state index contributed by atoms with van der Waals surface area (Å²) in [5.41, 5.74) is 0.744. The average Bonchev–Trinajstić information content (AvgIpc) is 2.38. The molecular weight excluding hydrogens is 329 g/mol. The number of nitrogens with zero attached hydrogens (tertiary/aromatic N) is 1. The summed E-state index contributed by atoms with van der Waals surface area (Å²) in [7, 11) is 0. The van der Waals surface area contributed by atoms with E-state index in [-0.39, 0.29) is 18.6 Å². The zero-order chi connectivity index (χ0) is 12.3. The number of aliphatic hydroxyl groups excluding tert-OH is 1. The van der Waals surface area contributed by atoms with Crippen LogP contribution in [0.2, 0.25) is 0 Å². The third-order valence-corrected chi connectivity index (χ3v) is 4.14. The third-order valence-electron chi connectivity index (χ3n) is 3.20. The lowest BCUT2D eigenvalue weighted by Gasteiger charge is -2.34. The highest BCUT2D eigenvalue weighted by Crippen LogP contribution is 2.21. The van der Waals surface area contributed by atoms with E-state index in [1.54, 1.807) is 0 Å². The molecule has 1 unspecified atom stereocenters. The van der Waals surface area contributed by atoms with E-state index in [4.69, 9.17) is 0 Å². The van der Waals surface area contributed by atoms with E-state index in [1.165, 1.54) is 0 Å². The van der Waals surface area contributed by atoms with E-state index in [1.807, 2.05) is 29.2 Å². The van der Waals surface area contributed by atoms with Crippen molar-refractivity contribution in [2.75, 3.05) is 13.2 Å². The molecule has 1 aromatic rings. The molecule has 1 N–H and O–H groups in total. The number of likely N-dealkylation sites (tertiary alicyclic amines) is 1. The van der Waals surface area contributed by atoms with Crippen molar-refractivity contribution < 1.29 is 9.90 Å². The molecule has 2 rings (SSSR count). The standard InChI is InChI=1S/C13H16INO2/c14-12-7-2-1-6-11(12)13(17)15-8-4-3-5-10(15)9-16/h1-2,6-7,10,16H,3-5,8-9H2. The first-order valence-electron chi connectivity index (χ1n) is 5.90. The summed E-state index contributed by atoms with van der Waals surface area (Å²) in [4.78, 5) is 14.2. The number of carbonyl (C=O) groups excluding carboxylic acids is 1. The Labute approximate surface area is 115 Å². The summed E-state index contributed by atoms with van der Waals surface area (Å²) < 4.78 is 0.970. The molecule has 1 aliphatic heterocycles. The first-order valence-corrected chi connectivity index (χ1v) is 6.98. The van der Waals surface area contributed by atoms with Crippen molar-refractivity contribution in [2.24, 2.45) is 0 Å². The maximum Gasteiger partial charge on any atom is 0.255 e. The average molecular weight is 345 g/mol. The smallest absolute Gasteiger partial charge is 0.255 e. The fraction of sp³-hybridized carbons (Fsp3) is 0.462. The molecule has 0 aliphatic carbocycles. The second kappa shape index (κ2) is 5.82. The van der Waals surface area contributed by atoms with E-state index < -0.39 is 0 Å². The number of hydrogen-bond donors (Lipinski definition) is 1. The molecule has 1 aliphatic rings. The number of halogens is 1. The predicted octanol–water partition coefficient (Wildman–Crippen LogP) is 2.28. The zero-order valence-corrected chi connectivity index (χ0v) is 11.8. The molecule has 0 bridgehead atoms. The summed E-state index contributed by atoms with van der Waals surface area (Å²) in [6, 6.07) is 7.59. The van der Waals surface area contributed by atoms with Gasteiger partial charge in [0.25, 0.3) is 5.91 Å². The third kappa shape index (κ3) is 2.80. The lowest BCUT2D eigenvalue weighted by molar-refractivity contribution is 0.0502. The molecule has 1 fully saturated rings. The highest BCUT2D eigenvalue weighted by Gasteiger charge is 2.27. The van der Waals surface area contributed by atoms with Gasteiger partial charge in [-0.3, -0.25) is 4.79 Å². The Balaban J connectivity index is 2.21. The van der Waals surface area contributed by atoms with Gasteiger partial charge in [-0.2, -0.15) is 0 Å². The molecule has 1 saturated heterocycles. The molecule has 3 nitrogen and oxygen atoms in total. The van der Waals surface area contributed by atoms with Crippen LogP contribution in [0.3, 0.4) is 0 Å². The topological polar surface area (TPSA) is 40.5 Å². The van der Waals surface area contributed by atoms with Crippen LogP contribution in [0.1, 0.15) is 29.6 Å². The van der Waals surface area contributed by atoms with Crippen molar-refractivity contribution in [1.82, 2.24) is 4.90 Å². The van der Waals surface area contributed by atoms with Gasteiger partial charge in [-0.1, -0.05) is 12.1 Å². The van der Waals surface area contributed by atoms with Gasteiger partial charge in [-0.05, 0) is 54.0 Å². The van der Waals surface area contributed by atoms with Crippen molar-refractivity contribution in [2.45, 2.75) is 25.3 Å². The van der Waals surface area contributed by atoms with Gasteiger partial charge in [0.15, 0.2) is 0 Å². The highest BCUT2D eigenvalue weighted by atomic mass is 127. The first kappa shape index (κ1) is 12.8. The lowest BCUT2D eigenvalue weighted by Crippen LogP contribution is -2.45. The van der Waals surface area contributed by atoms with Gasteiger partial charge in [0, 0.05) is 10.1 Å². The minimum Gasteiger partial charge on any atom is -0.394 e. The maximum absolute atomic E-state index is 12.4. The van der Waals surface area contributed by atoms with Gasteiger partial charge in [0.05, 0.1) is 18.2 Å². The second-order valence-corrected chi connectivity index (χ2v) is 5.47. The Morgan fingerprint density at radius 3 is 2.88 bits per heavy atom. The molecule has 0 aromatic heterocycles. The van der Waals surface area contributed by atoms with Gasteiger partial charge in [-0.25, -0.2) is 0 Å². The quantitative estimate of drug-likeness (QED) is 0.836. The number of amides is 1. The Kier molecular flexibility index (Phi) is 4.39. The number of carbonyl (C=O) groups is 1. The van der Waals surface area contributed by atoms with Crippen LogP contribution in [0.4, 0.5) is 0 Å². The van der Waals surface area contributed by atoms with E-state index in [0.29, 0.717) is 0 Å². The molecule has 0 radical (unpaired) electrons. The van der Waals surface area contributed by atoms with E-state index in [9.17, 15) is 9.90 Å². The van der Waals surface area contributed by atoms with Gasteiger partial charge in [0.2, 0.25) is 0 Å². The summed E-state index contributed by atoms with van der Waals surface area (Å²) >= 11 is 2.18. The van der Waals surface area contributed by atoms with Gasteiger partial charge in [0.1, 0.15) is 0 Å². The second-order valence-electron chi connectivity index (χ2n) is 4.31. The Hall–Kier alpha value is -0.620. The van der Waals surface area contributed by atoms with Crippen LogP contribution in [0.15, 0.2) is 24.3 Å². The van der Waals surface area contributed by atoms with Gasteiger partial charge >= 0.3 is 0 Å². The van der Waals surface area contributed by atoms with E-state index >= 15 is 0 Å². The summed E-state index contributed by atoms with van der Waals surface area (Å²) in [6.07, 6.45) is 3.04. The Morgan fingerprint density at radius 1 is 1.41 bits per heavy atom. The van der Waals surface area contributed by atoms with Crippen molar-refractivity contribution in [3.05, 3.63) is 33.4 Å². The molecule has 1 amide bonds. The normalized spacial score (nSPS) is 20.4. The summed E-state index contributed by atoms with van der Waals surface area (Å²) in [6.45, 7) is 0.824. The zero-order valence-electron chi connectivity index (χ0n) is 9.60. The van der Waals surface area contributed by atoms with Crippen LogP contribution >= 0.6 is 22.6 Å². The fourth-order valence-corrected chi connectivity index (χ4v) is 2.87. The molecule has 92 valence electrons. The van der Waals surface area contributed by atoms with E-state index in [0.717, 1.165) is 34.9 Å². The highest BCUT2D eigenvalue weighted by molar-refractivity contribution is 14.1. The van der Waals surface area contributed by atoms with Crippen molar-refractivity contribution in [3.8, 4) is 0 Å². The molecule has 1 atom stereocenters. The van der Waals surface area contributed by atoms with Crippen LogP contribution in [-0.2, 0) is 0 Å². The lowest BCUT2D eigenvalue weighted by atomic mass is 10.0. The van der Waals surface area contributed by atoms with Crippen LogP contribution in [0.5, 0.6) is 0 Å². The van der Waals surface area contributed by atoms with Crippen molar-refractivity contribution >= 4 is 28.5 Å². The largest absolute Gasteiger partial charge is 0.394 e. The van der Waals surface area contributed by atoms with Gasteiger partial charge in [-0.15, -0.1) is 0 Å². The predicted molar refractivity (Wildman–Crippen MR) is 74.9 cm³/mol. The van der Waals surface area contributed by atoms with Crippen LogP contribution < -0.4 is 0 Å². The molecule has 0 saturated carbocycles. The van der Waals surface area contributed by atoms with E-state index in [2.05, 4.69) is 22.6 Å². The van der Waals surface area contributed by atoms with Crippen LogP contribution in [-0.4, -0.2) is 35.1 Å². The number of benzene rings is 1. The number of aliphatic hydroxyl groups is 1. The number of hydrogen-bond acceptors (Lipinski definition) is 2. The minimum absolute atomic E-state index is 0.00717. The summed E-state index contributed by atoms with van der Waals surface area (Å²) in [5, 5.41) is 9.33. The molecule has 1 heterocycles. The number of rotatable bonds is 2. The minimum atomic E-state index is -0.00717. The Bertz CT molecular complexity index is 408. The Morgan fingerprint density at radius 2 is 2.18 bits per heavy atom. The first-order chi connectivity index (χ1) is 8.24. The molecule has 1 aromatic carbocycles. The summed E-state index contributed by atoms with van der Waals surface area (Å²) in [5.74, 6) is 0.0498. The molecule has 4 heteroatoms. The fourth-order valence-electron chi connectivity index (χ4n) is 2.25. The van der Waals surface area contributed by atoms with Crippen molar-refractivity contribution in [1.29, 1.82) is 0 Å².